The van der Waals surface area contributed by atoms with E-state index in [0.29, 0.717) is 30.8 Å². The number of benzene rings is 2. The van der Waals surface area contributed by atoms with Crippen LogP contribution in [0.2, 0.25) is 0 Å². The molecule has 0 radical (unpaired) electrons. The number of allylic oxidation sites excluding steroid dienone is 4. The number of sulfonamides is 1. The third-order valence-electron chi connectivity index (χ3n) is 8.32. The second-order valence-corrected chi connectivity index (χ2v) is 13.1. The molecule has 3 aliphatic rings. The molecule has 36 heavy (non-hydrogen) atoms. The number of hydrogen-bond donors (Lipinski definition) is 0. The third kappa shape index (κ3) is 3.67. The molecule has 0 bridgehead atoms. The summed E-state index contributed by atoms with van der Waals surface area (Å²) in [5.74, 6) is 1.17. The summed E-state index contributed by atoms with van der Waals surface area (Å²) < 4.78 is 43.5. The molecule has 188 valence electrons. The van der Waals surface area contributed by atoms with Crippen LogP contribution in [-0.4, -0.2) is 41.3 Å². The molecule has 7 heteroatoms. The number of halogens is 1. The highest BCUT2D eigenvalue weighted by atomic mass is 32.2. The fourth-order valence-corrected chi connectivity index (χ4v) is 8.69. The molecular formula is C29H32FN3O2S. The number of nitrogens with zero attached hydrogens (tertiary/aromatic N) is 3. The lowest BCUT2D eigenvalue weighted by atomic mass is 9.83. The molecule has 1 aliphatic heterocycles. The van der Waals surface area contributed by atoms with E-state index < -0.39 is 10.0 Å². The summed E-state index contributed by atoms with van der Waals surface area (Å²) in [6.45, 7) is 7.19. The van der Waals surface area contributed by atoms with Gasteiger partial charge in [-0.25, -0.2) is 21.8 Å². The lowest BCUT2D eigenvalue weighted by Crippen LogP contribution is -2.38. The van der Waals surface area contributed by atoms with Crippen LogP contribution < -0.4 is 0 Å². The Labute approximate surface area is 212 Å². The van der Waals surface area contributed by atoms with E-state index in [0.717, 1.165) is 28.6 Å². The molecule has 1 unspecified atom stereocenters. The molecule has 0 N–H and O–H groups in total. The van der Waals surface area contributed by atoms with E-state index in [2.05, 4.69) is 48.5 Å². The first kappa shape index (κ1) is 23.6. The minimum absolute atomic E-state index is 0.0977. The number of hydrogen-bond acceptors (Lipinski definition) is 3. The smallest absolute Gasteiger partial charge is 0.214 e. The third-order valence-corrected chi connectivity index (χ3v) is 10.5. The monoisotopic (exact) mass is 505 g/mol. The lowest BCUT2D eigenvalue weighted by Gasteiger charge is -2.28. The van der Waals surface area contributed by atoms with E-state index in [-0.39, 0.29) is 22.9 Å². The topological polar surface area (TPSA) is 55.2 Å². The number of aryl methyl sites for hydroxylation is 1. The molecule has 4 atom stereocenters. The van der Waals surface area contributed by atoms with E-state index in [1.54, 1.807) is 16.4 Å². The highest BCUT2D eigenvalue weighted by Crippen LogP contribution is 2.68. The fraction of sp³-hybridized carbons (Fsp3) is 0.414. The van der Waals surface area contributed by atoms with Gasteiger partial charge in [-0.3, -0.25) is 0 Å². The second kappa shape index (κ2) is 8.38. The average Bonchev–Trinajstić information content (AvgIpc) is 3.11. The minimum Gasteiger partial charge on any atom is -0.233 e. The van der Waals surface area contributed by atoms with Crippen molar-refractivity contribution in [1.29, 1.82) is 0 Å². The van der Waals surface area contributed by atoms with Crippen LogP contribution in [0.5, 0.6) is 0 Å². The Morgan fingerprint density at radius 3 is 2.64 bits per heavy atom. The zero-order valence-electron chi connectivity index (χ0n) is 20.9. The van der Waals surface area contributed by atoms with Gasteiger partial charge in [0.05, 0.1) is 23.2 Å². The van der Waals surface area contributed by atoms with Gasteiger partial charge in [0.1, 0.15) is 5.82 Å². The number of fused-ring (bicyclic) bond motifs is 2. The molecule has 2 aliphatic carbocycles. The lowest BCUT2D eigenvalue weighted by molar-refractivity contribution is 0.359. The van der Waals surface area contributed by atoms with Gasteiger partial charge in [0, 0.05) is 23.9 Å². The summed E-state index contributed by atoms with van der Waals surface area (Å²) in [4.78, 5) is 0. The molecule has 2 fully saturated rings. The highest BCUT2D eigenvalue weighted by Gasteiger charge is 2.72. The van der Waals surface area contributed by atoms with Crippen molar-refractivity contribution in [3.05, 3.63) is 83.8 Å². The second-order valence-electron chi connectivity index (χ2n) is 11.1. The Kier molecular flexibility index (Phi) is 5.50. The average molecular weight is 506 g/mol. The molecule has 6 rings (SSSR count). The predicted octanol–water partition coefficient (Wildman–Crippen LogP) is 5.39. The largest absolute Gasteiger partial charge is 0.233 e. The van der Waals surface area contributed by atoms with Gasteiger partial charge in [-0.1, -0.05) is 38.2 Å². The van der Waals surface area contributed by atoms with Gasteiger partial charge >= 0.3 is 0 Å². The first-order valence-electron chi connectivity index (χ1n) is 12.8. The van der Waals surface area contributed by atoms with Gasteiger partial charge in [0.2, 0.25) is 10.0 Å². The quantitative estimate of drug-likeness (QED) is 0.451. The molecule has 1 saturated heterocycles. The first-order valence-corrected chi connectivity index (χ1v) is 14.4. The minimum atomic E-state index is -3.30. The van der Waals surface area contributed by atoms with Crippen molar-refractivity contribution in [3.63, 3.8) is 0 Å². The van der Waals surface area contributed by atoms with Gasteiger partial charge in [0.25, 0.3) is 0 Å². The maximum Gasteiger partial charge on any atom is 0.214 e. The number of aromatic nitrogens is 2. The standard InChI is InChI=1S/C29H32FN3O2S/c1-19(2)17-36(34,35)32-16-26-28(21-7-5-4-6-8-21)29(26,18-32)25-14-22-15-31-33(27(22)13-20(25)3)24-11-9-23(30)10-12-24/h4-7,9-15,19,21,26,28H,8,16-18H2,1-3H3/t21?,26-,28-,29+/m0/s1. The normalized spacial score (nSPS) is 27.8. The van der Waals surface area contributed by atoms with Crippen molar-refractivity contribution in [1.82, 2.24) is 14.1 Å². The highest BCUT2D eigenvalue weighted by molar-refractivity contribution is 7.89. The van der Waals surface area contributed by atoms with Crippen LogP contribution in [0.3, 0.4) is 0 Å². The summed E-state index contributed by atoms with van der Waals surface area (Å²) in [5.41, 5.74) is 3.99. The Morgan fingerprint density at radius 1 is 1.17 bits per heavy atom. The molecule has 0 amide bonds. The van der Waals surface area contributed by atoms with E-state index in [4.69, 9.17) is 0 Å². The van der Waals surface area contributed by atoms with Crippen LogP contribution in [-0.2, 0) is 15.4 Å². The van der Waals surface area contributed by atoms with Crippen LogP contribution in [0.4, 0.5) is 4.39 Å². The van der Waals surface area contributed by atoms with Crippen LogP contribution in [0.25, 0.3) is 16.6 Å². The van der Waals surface area contributed by atoms with Crippen molar-refractivity contribution in [2.24, 2.45) is 23.7 Å². The first-order chi connectivity index (χ1) is 17.2. The van der Waals surface area contributed by atoms with Crippen molar-refractivity contribution in [2.45, 2.75) is 32.6 Å². The van der Waals surface area contributed by atoms with Crippen LogP contribution in [0.1, 0.15) is 31.4 Å². The Bertz CT molecular complexity index is 1490. The van der Waals surface area contributed by atoms with E-state index >= 15 is 0 Å². The molecule has 2 heterocycles. The van der Waals surface area contributed by atoms with Crippen molar-refractivity contribution >= 4 is 20.9 Å². The predicted molar refractivity (Wildman–Crippen MR) is 141 cm³/mol. The van der Waals surface area contributed by atoms with E-state index in [9.17, 15) is 12.8 Å². The van der Waals surface area contributed by atoms with Crippen LogP contribution in [0.15, 0.2) is 66.9 Å². The summed E-state index contributed by atoms with van der Waals surface area (Å²) in [6.07, 6.45) is 11.6. The van der Waals surface area contributed by atoms with Gasteiger partial charge in [-0.05, 0) is 84.5 Å². The van der Waals surface area contributed by atoms with Gasteiger partial charge in [0.15, 0.2) is 0 Å². The zero-order valence-corrected chi connectivity index (χ0v) is 21.7. The van der Waals surface area contributed by atoms with E-state index in [1.807, 2.05) is 24.7 Å². The maximum absolute atomic E-state index is 13.5. The molecule has 5 nitrogen and oxygen atoms in total. The molecule has 2 aromatic carbocycles. The Balaban J connectivity index is 1.42. The van der Waals surface area contributed by atoms with Crippen molar-refractivity contribution in [2.75, 3.05) is 18.8 Å². The van der Waals surface area contributed by atoms with Crippen molar-refractivity contribution < 1.29 is 12.8 Å². The van der Waals surface area contributed by atoms with E-state index in [1.165, 1.54) is 17.7 Å². The zero-order chi connectivity index (χ0) is 25.2. The fourth-order valence-electron chi connectivity index (χ4n) is 6.84. The SMILES string of the molecule is Cc1cc2c(cnn2-c2ccc(F)cc2)cc1[C@]12CN(S(=O)(=O)CC(C)C)C[C@H]1[C@@H]2C1C=CC=CC1. The van der Waals surface area contributed by atoms with Crippen LogP contribution >= 0.6 is 0 Å². The molecule has 3 aromatic rings. The van der Waals surface area contributed by atoms with Gasteiger partial charge in [-0.15, -0.1) is 0 Å². The van der Waals surface area contributed by atoms with Crippen molar-refractivity contribution in [3.8, 4) is 5.69 Å². The summed E-state index contributed by atoms with van der Waals surface area (Å²) in [5, 5.41) is 5.62. The molecular weight excluding hydrogens is 473 g/mol. The Hall–Kier alpha value is -2.77. The van der Waals surface area contributed by atoms with Crippen LogP contribution in [0, 0.1) is 36.4 Å². The van der Waals surface area contributed by atoms with Gasteiger partial charge < -0.3 is 0 Å². The molecule has 0 spiro atoms. The van der Waals surface area contributed by atoms with Gasteiger partial charge in [-0.2, -0.15) is 5.10 Å². The summed E-state index contributed by atoms with van der Waals surface area (Å²) in [7, 11) is -3.30. The summed E-state index contributed by atoms with van der Waals surface area (Å²) in [6, 6.07) is 10.7. The number of piperidine rings is 1. The molecule has 1 saturated carbocycles. The molecule has 1 aromatic heterocycles. The maximum atomic E-state index is 13.5. The summed E-state index contributed by atoms with van der Waals surface area (Å²) >= 11 is 0. The number of rotatable bonds is 6. The Morgan fingerprint density at radius 2 is 1.94 bits per heavy atom.